The maximum absolute atomic E-state index is 5.95. The number of nitrogens with one attached hydrogen (secondary N) is 1. The van der Waals surface area contributed by atoms with Crippen LogP contribution >= 0.6 is 22.9 Å². The van der Waals surface area contributed by atoms with Crippen LogP contribution in [0.15, 0.2) is 35.7 Å². The van der Waals surface area contributed by atoms with E-state index in [4.69, 9.17) is 21.1 Å². The smallest absolute Gasteiger partial charge is 0.119 e. The molecule has 5 heteroatoms. The molecule has 1 N–H and O–H groups in total. The van der Waals surface area contributed by atoms with E-state index in [-0.39, 0.29) is 6.04 Å². The van der Waals surface area contributed by atoms with Crippen molar-refractivity contribution < 1.29 is 9.47 Å². The Morgan fingerprint density at radius 1 is 1.25 bits per heavy atom. The molecule has 20 heavy (non-hydrogen) atoms. The number of thiophene rings is 1. The Morgan fingerprint density at radius 3 is 2.60 bits per heavy atom. The van der Waals surface area contributed by atoms with E-state index >= 15 is 0 Å². The summed E-state index contributed by atoms with van der Waals surface area (Å²) in [4.78, 5) is 0. The third-order valence-corrected chi connectivity index (χ3v) is 3.99. The number of halogens is 1. The van der Waals surface area contributed by atoms with Gasteiger partial charge in [0.25, 0.3) is 0 Å². The molecule has 3 nitrogen and oxygen atoms in total. The summed E-state index contributed by atoms with van der Waals surface area (Å²) in [5, 5.41) is 5.51. The van der Waals surface area contributed by atoms with Crippen LogP contribution in [0.25, 0.3) is 0 Å². The van der Waals surface area contributed by atoms with Crippen molar-refractivity contribution in [2.75, 3.05) is 25.6 Å². The molecule has 2 aromatic rings. The molecule has 108 valence electrons. The monoisotopic (exact) mass is 311 g/mol. The topological polar surface area (TPSA) is 30.5 Å². The molecule has 2 rings (SSSR count). The summed E-state index contributed by atoms with van der Waals surface area (Å²) < 4.78 is 11.3. The van der Waals surface area contributed by atoms with Gasteiger partial charge in [-0.05, 0) is 48.2 Å². The second-order valence-electron chi connectivity index (χ2n) is 4.42. The Bertz CT molecular complexity index is 527. The molecule has 0 amide bonds. The maximum Gasteiger partial charge on any atom is 0.119 e. The van der Waals surface area contributed by atoms with Crippen LogP contribution in [0, 0.1) is 0 Å². The molecular formula is C15H18ClNO2S. The average molecular weight is 312 g/mol. The van der Waals surface area contributed by atoms with Gasteiger partial charge in [0.05, 0.1) is 10.9 Å². The Labute approximate surface area is 128 Å². The van der Waals surface area contributed by atoms with E-state index in [2.05, 4.69) is 17.6 Å². The quantitative estimate of drug-likeness (QED) is 0.758. The van der Waals surface area contributed by atoms with Crippen LogP contribution in [-0.2, 0) is 4.74 Å². The lowest BCUT2D eigenvalue weighted by atomic mass is 10.1. The van der Waals surface area contributed by atoms with Crippen molar-refractivity contribution in [3.8, 4) is 5.75 Å². The van der Waals surface area contributed by atoms with Gasteiger partial charge >= 0.3 is 0 Å². The molecule has 0 saturated heterocycles. The summed E-state index contributed by atoms with van der Waals surface area (Å²) in [6, 6.07) is 10.1. The normalized spacial score (nSPS) is 12.2. The molecule has 1 unspecified atom stereocenters. The lowest BCUT2D eigenvalue weighted by molar-refractivity contribution is 0.146. The first-order valence-electron chi connectivity index (χ1n) is 6.41. The van der Waals surface area contributed by atoms with Gasteiger partial charge in [0, 0.05) is 18.8 Å². The Kier molecular flexibility index (Phi) is 5.71. The zero-order valence-electron chi connectivity index (χ0n) is 11.6. The van der Waals surface area contributed by atoms with Gasteiger partial charge in [-0.25, -0.2) is 0 Å². The van der Waals surface area contributed by atoms with Crippen LogP contribution < -0.4 is 10.1 Å². The van der Waals surface area contributed by atoms with Gasteiger partial charge in [0.15, 0.2) is 0 Å². The van der Waals surface area contributed by atoms with Crippen molar-refractivity contribution in [1.29, 1.82) is 0 Å². The molecule has 1 atom stereocenters. The standard InChI is InChI=1S/C15H18ClNO2S/c1-11(12-9-15(16)20-10-12)17-13-3-5-14(6-4-13)19-8-7-18-2/h3-6,9-11,17H,7-8H2,1-2H3. The van der Waals surface area contributed by atoms with E-state index in [1.165, 1.54) is 5.56 Å². The van der Waals surface area contributed by atoms with Crippen LogP contribution in [0.1, 0.15) is 18.5 Å². The SMILES string of the molecule is COCCOc1ccc(NC(C)c2csc(Cl)c2)cc1. The first-order chi connectivity index (χ1) is 9.69. The van der Waals surface area contributed by atoms with Crippen molar-refractivity contribution in [2.24, 2.45) is 0 Å². The molecule has 0 aliphatic heterocycles. The van der Waals surface area contributed by atoms with Gasteiger partial charge in [-0.3, -0.25) is 0 Å². The number of ether oxygens (including phenoxy) is 2. The number of hydrogen-bond acceptors (Lipinski definition) is 4. The maximum atomic E-state index is 5.95. The lowest BCUT2D eigenvalue weighted by Crippen LogP contribution is -2.06. The third kappa shape index (κ3) is 4.40. The highest BCUT2D eigenvalue weighted by Gasteiger charge is 2.07. The molecule has 0 fully saturated rings. The van der Waals surface area contributed by atoms with Crippen LogP contribution in [0.3, 0.4) is 0 Å². The van der Waals surface area contributed by atoms with E-state index in [0.717, 1.165) is 15.8 Å². The highest BCUT2D eigenvalue weighted by atomic mass is 35.5. The number of anilines is 1. The summed E-state index contributed by atoms with van der Waals surface area (Å²) >= 11 is 7.50. The zero-order valence-corrected chi connectivity index (χ0v) is 13.1. The van der Waals surface area contributed by atoms with Gasteiger partial charge in [0.1, 0.15) is 12.4 Å². The molecule has 0 aliphatic rings. The van der Waals surface area contributed by atoms with Gasteiger partial charge in [-0.2, -0.15) is 0 Å². The molecule has 0 radical (unpaired) electrons. The molecule has 1 heterocycles. The second-order valence-corrected chi connectivity index (χ2v) is 5.96. The van der Waals surface area contributed by atoms with Crippen LogP contribution in [-0.4, -0.2) is 20.3 Å². The minimum absolute atomic E-state index is 0.221. The molecular weight excluding hydrogens is 294 g/mol. The summed E-state index contributed by atoms with van der Waals surface area (Å²) in [6.07, 6.45) is 0. The van der Waals surface area contributed by atoms with Gasteiger partial charge < -0.3 is 14.8 Å². The molecule has 0 saturated carbocycles. The fourth-order valence-corrected chi connectivity index (χ4v) is 2.76. The molecule has 1 aromatic heterocycles. The summed E-state index contributed by atoms with van der Waals surface area (Å²) in [6.45, 7) is 3.27. The fraction of sp³-hybridized carbons (Fsp3) is 0.333. The van der Waals surface area contributed by atoms with E-state index in [9.17, 15) is 0 Å². The fourth-order valence-electron chi connectivity index (χ4n) is 1.77. The largest absolute Gasteiger partial charge is 0.491 e. The van der Waals surface area contributed by atoms with Crippen molar-refractivity contribution in [2.45, 2.75) is 13.0 Å². The predicted molar refractivity (Wildman–Crippen MR) is 85.2 cm³/mol. The first-order valence-corrected chi connectivity index (χ1v) is 7.67. The van der Waals surface area contributed by atoms with E-state index in [0.29, 0.717) is 13.2 Å². The predicted octanol–water partition coefficient (Wildman–Crippen LogP) is 4.60. The second kappa shape index (κ2) is 7.53. The minimum Gasteiger partial charge on any atom is -0.491 e. The van der Waals surface area contributed by atoms with Gasteiger partial charge in [-0.15, -0.1) is 11.3 Å². The Hall–Kier alpha value is -1.23. The minimum atomic E-state index is 0.221. The summed E-state index contributed by atoms with van der Waals surface area (Å²) in [7, 11) is 1.66. The number of rotatable bonds is 7. The first kappa shape index (κ1) is 15.2. The van der Waals surface area contributed by atoms with E-state index in [1.807, 2.05) is 30.3 Å². The number of methoxy groups -OCH3 is 1. The average Bonchev–Trinajstić information content (AvgIpc) is 2.88. The molecule has 1 aromatic carbocycles. The van der Waals surface area contributed by atoms with Crippen LogP contribution in [0.4, 0.5) is 5.69 Å². The number of hydrogen-bond donors (Lipinski definition) is 1. The van der Waals surface area contributed by atoms with Crippen molar-refractivity contribution >= 4 is 28.6 Å². The molecule has 0 bridgehead atoms. The van der Waals surface area contributed by atoms with Crippen molar-refractivity contribution in [3.05, 3.63) is 45.6 Å². The van der Waals surface area contributed by atoms with Crippen LogP contribution in [0.5, 0.6) is 5.75 Å². The molecule has 0 spiro atoms. The van der Waals surface area contributed by atoms with Crippen molar-refractivity contribution in [3.63, 3.8) is 0 Å². The Balaban J connectivity index is 1.90. The van der Waals surface area contributed by atoms with E-state index in [1.54, 1.807) is 18.4 Å². The van der Waals surface area contributed by atoms with Crippen LogP contribution in [0.2, 0.25) is 4.34 Å². The summed E-state index contributed by atoms with van der Waals surface area (Å²) in [5.74, 6) is 0.846. The van der Waals surface area contributed by atoms with Gasteiger partial charge in [-0.1, -0.05) is 11.6 Å². The van der Waals surface area contributed by atoms with E-state index < -0.39 is 0 Å². The summed E-state index contributed by atoms with van der Waals surface area (Å²) in [5.41, 5.74) is 2.25. The highest BCUT2D eigenvalue weighted by Crippen LogP contribution is 2.27. The lowest BCUT2D eigenvalue weighted by Gasteiger charge is -2.14. The highest BCUT2D eigenvalue weighted by molar-refractivity contribution is 7.14. The third-order valence-electron chi connectivity index (χ3n) is 2.88. The zero-order chi connectivity index (χ0) is 14.4. The van der Waals surface area contributed by atoms with Crippen molar-refractivity contribution in [1.82, 2.24) is 0 Å². The Morgan fingerprint density at radius 2 is 2.00 bits per heavy atom. The number of benzene rings is 1. The molecule has 0 aliphatic carbocycles. The van der Waals surface area contributed by atoms with Gasteiger partial charge in [0.2, 0.25) is 0 Å².